The number of ether oxygens (including phenoxy) is 1. The molecule has 3 saturated carbocycles. The van der Waals surface area contributed by atoms with E-state index in [0.29, 0.717) is 24.2 Å². The van der Waals surface area contributed by atoms with Crippen LogP contribution < -0.4 is 0 Å². The van der Waals surface area contributed by atoms with E-state index >= 15 is 0 Å². The second-order valence-corrected chi connectivity index (χ2v) is 13.4. The van der Waals surface area contributed by atoms with Gasteiger partial charge in [-0.15, -0.1) is 0 Å². The highest BCUT2D eigenvalue weighted by atomic mass is 31.2. The Morgan fingerprint density at radius 1 is 1.19 bits per heavy atom. The summed E-state index contributed by atoms with van der Waals surface area (Å²) in [4.78, 5) is 22.9. The molecule has 0 amide bonds. The van der Waals surface area contributed by atoms with Crippen molar-refractivity contribution in [3.63, 3.8) is 0 Å². The molecule has 4 N–H and O–H groups in total. The lowest BCUT2D eigenvalue weighted by atomic mass is 9.48. The fourth-order valence-corrected chi connectivity index (χ4v) is 9.34. The van der Waals surface area contributed by atoms with Crippen LogP contribution in [-0.2, 0) is 23.1 Å². The summed E-state index contributed by atoms with van der Waals surface area (Å²) < 4.78 is 29.0. The van der Waals surface area contributed by atoms with Crippen LogP contribution >= 0.6 is 7.82 Å². The summed E-state index contributed by atoms with van der Waals surface area (Å²) >= 11 is 0. The number of cyclic esters (lactones) is 1. The predicted molar refractivity (Wildman–Crippen MR) is 129 cm³/mol. The maximum absolute atomic E-state index is 13.1. The second kappa shape index (κ2) is 9.21. The Kier molecular flexibility index (Phi) is 6.75. The Bertz CT molecular complexity index is 1020. The van der Waals surface area contributed by atoms with Crippen molar-refractivity contribution in [2.75, 3.05) is 6.61 Å². The quantitative estimate of drug-likeness (QED) is 0.233. The van der Waals surface area contributed by atoms with Crippen molar-refractivity contribution in [2.45, 2.75) is 96.6 Å². The minimum Gasteiger partial charge on any atom is -0.449 e. The Hall–Kier alpha value is -1.22. The van der Waals surface area contributed by atoms with Crippen molar-refractivity contribution in [1.82, 2.24) is 0 Å². The third-order valence-corrected chi connectivity index (χ3v) is 11.1. The highest BCUT2D eigenvalue weighted by molar-refractivity contribution is 7.47. The van der Waals surface area contributed by atoms with Crippen LogP contribution in [0.3, 0.4) is 0 Å². The SMILES string of the molecule is CC1=C(OP(=O)(O)O[C@H]2CCC3C4CC=C5C[C@@H](O)CC[C@]5(C)C4CC[C@@]32C)C(=O)OC1C(O)CO. The zero-order valence-electron chi connectivity index (χ0n) is 21.3. The fourth-order valence-electron chi connectivity index (χ4n) is 8.18. The van der Waals surface area contributed by atoms with Gasteiger partial charge < -0.3 is 24.6 Å². The van der Waals surface area contributed by atoms with Crippen LogP contribution in [0.1, 0.15) is 72.1 Å². The van der Waals surface area contributed by atoms with Gasteiger partial charge in [-0.1, -0.05) is 25.5 Å². The molecule has 1 heterocycles. The maximum Gasteiger partial charge on any atom is 0.527 e. The van der Waals surface area contributed by atoms with Gasteiger partial charge in [0.25, 0.3) is 0 Å². The average Bonchev–Trinajstić information content (AvgIpc) is 3.29. The lowest BCUT2D eigenvalue weighted by Crippen LogP contribution is -2.51. The Morgan fingerprint density at radius 2 is 1.94 bits per heavy atom. The molecule has 0 aromatic rings. The Balaban J connectivity index is 1.31. The van der Waals surface area contributed by atoms with Crippen molar-refractivity contribution < 1.29 is 43.4 Å². The molecule has 10 heteroatoms. The number of hydrogen-bond acceptors (Lipinski definition) is 8. The molecule has 36 heavy (non-hydrogen) atoms. The number of aliphatic hydroxyl groups excluding tert-OH is 3. The number of carbonyl (C=O) groups excluding carboxylic acids is 1. The molecule has 0 radical (unpaired) electrons. The first-order valence-electron chi connectivity index (χ1n) is 13.2. The Morgan fingerprint density at radius 3 is 2.67 bits per heavy atom. The standard InChI is InChI=1S/C26H39O9P/c1-14-22(20(29)13-27)33-24(30)23(14)35-36(31,32)34-21-7-6-18-17-5-4-15-12-16(28)8-10-25(15,2)19(17)9-11-26(18,21)3/h4,16-22,27-29H,5-13H2,1-3H3,(H,31,32)/t16-,17?,18?,19?,20?,21-,22?,25-,26-/m0/s1. The number of fused-ring (bicyclic) bond motifs is 5. The number of carbonyl (C=O) groups is 1. The third-order valence-electron chi connectivity index (χ3n) is 10.2. The molecule has 0 bridgehead atoms. The van der Waals surface area contributed by atoms with Gasteiger partial charge in [-0.25, -0.2) is 9.36 Å². The van der Waals surface area contributed by atoms with Gasteiger partial charge >= 0.3 is 13.8 Å². The van der Waals surface area contributed by atoms with E-state index in [1.807, 2.05) is 0 Å². The van der Waals surface area contributed by atoms with Crippen LogP contribution in [0.15, 0.2) is 23.0 Å². The molecule has 0 spiro atoms. The number of esters is 1. The molecular weight excluding hydrogens is 487 g/mol. The lowest BCUT2D eigenvalue weighted by Gasteiger charge is -2.57. The zero-order valence-corrected chi connectivity index (χ0v) is 22.2. The first kappa shape index (κ1) is 26.4. The van der Waals surface area contributed by atoms with E-state index in [0.717, 1.165) is 44.9 Å². The number of hydrogen-bond donors (Lipinski definition) is 4. The number of allylic oxidation sites excluding steroid dienone is 1. The molecule has 0 aromatic heterocycles. The molecule has 0 aromatic carbocycles. The monoisotopic (exact) mass is 526 g/mol. The molecule has 6 unspecified atom stereocenters. The number of phosphoric ester groups is 1. The van der Waals surface area contributed by atoms with Crippen LogP contribution in [-0.4, -0.2) is 57.2 Å². The lowest BCUT2D eigenvalue weighted by molar-refractivity contribution is -0.147. The summed E-state index contributed by atoms with van der Waals surface area (Å²) in [5.74, 6) is -0.0522. The van der Waals surface area contributed by atoms with E-state index in [9.17, 15) is 29.6 Å². The van der Waals surface area contributed by atoms with Crippen LogP contribution in [0.25, 0.3) is 0 Å². The smallest absolute Gasteiger partial charge is 0.449 e. The second-order valence-electron chi connectivity index (χ2n) is 12.0. The van der Waals surface area contributed by atoms with E-state index in [4.69, 9.17) is 13.8 Å². The van der Waals surface area contributed by atoms with Crippen LogP contribution in [0.5, 0.6) is 0 Å². The van der Waals surface area contributed by atoms with Crippen LogP contribution in [0.4, 0.5) is 0 Å². The zero-order chi connectivity index (χ0) is 26.0. The third kappa shape index (κ3) is 4.20. The molecule has 4 aliphatic carbocycles. The van der Waals surface area contributed by atoms with Crippen molar-refractivity contribution in [3.05, 3.63) is 23.0 Å². The number of aliphatic hydroxyl groups is 3. The largest absolute Gasteiger partial charge is 0.527 e. The van der Waals surface area contributed by atoms with Gasteiger partial charge in [-0.05, 0) is 86.9 Å². The van der Waals surface area contributed by atoms with Crippen molar-refractivity contribution in [1.29, 1.82) is 0 Å². The summed E-state index contributed by atoms with van der Waals surface area (Å²) in [6.07, 6.45) is 6.15. The highest BCUT2D eigenvalue weighted by Gasteiger charge is 2.60. The van der Waals surface area contributed by atoms with E-state index in [2.05, 4.69) is 19.9 Å². The molecule has 202 valence electrons. The van der Waals surface area contributed by atoms with E-state index in [1.54, 1.807) is 0 Å². The molecular formula is C26H39O9P. The van der Waals surface area contributed by atoms with Gasteiger partial charge in [0, 0.05) is 5.57 Å². The first-order chi connectivity index (χ1) is 16.9. The topological polar surface area (TPSA) is 143 Å². The van der Waals surface area contributed by atoms with Crippen molar-refractivity contribution in [2.24, 2.45) is 28.6 Å². The summed E-state index contributed by atoms with van der Waals surface area (Å²) in [7, 11) is -4.66. The van der Waals surface area contributed by atoms with Crippen LogP contribution in [0.2, 0.25) is 0 Å². The number of phosphoric acid groups is 1. The van der Waals surface area contributed by atoms with E-state index < -0.39 is 44.5 Å². The van der Waals surface area contributed by atoms with E-state index in [-0.39, 0.29) is 22.5 Å². The first-order valence-corrected chi connectivity index (χ1v) is 14.7. The molecule has 1 aliphatic heterocycles. The summed E-state index contributed by atoms with van der Waals surface area (Å²) in [5.41, 5.74) is 1.38. The normalized spacial score (nSPS) is 44.6. The molecule has 0 saturated heterocycles. The summed E-state index contributed by atoms with van der Waals surface area (Å²) in [5, 5.41) is 29.2. The van der Waals surface area contributed by atoms with Gasteiger partial charge in [0.05, 0.1) is 18.8 Å². The summed E-state index contributed by atoms with van der Waals surface area (Å²) in [6, 6.07) is 0. The van der Waals surface area contributed by atoms with E-state index in [1.165, 1.54) is 12.5 Å². The maximum atomic E-state index is 13.1. The molecule has 9 nitrogen and oxygen atoms in total. The van der Waals surface area contributed by atoms with Gasteiger partial charge in [-0.3, -0.25) is 9.42 Å². The van der Waals surface area contributed by atoms with Crippen molar-refractivity contribution in [3.8, 4) is 0 Å². The Labute approximate surface area is 212 Å². The molecule has 3 fully saturated rings. The van der Waals surface area contributed by atoms with Gasteiger partial charge in [0.2, 0.25) is 5.76 Å². The predicted octanol–water partition coefficient (Wildman–Crippen LogP) is 3.36. The van der Waals surface area contributed by atoms with Crippen molar-refractivity contribution >= 4 is 13.8 Å². The van der Waals surface area contributed by atoms with Gasteiger partial charge in [0.15, 0.2) is 6.10 Å². The fraction of sp³-hybridized carbons (Fsp3) is 0.808. The van der Waals surface area contributed by atoms with Gasteiger partial charge in [0.1, 0.15) is 6.10 Å². The minimum atomic E-state index is -4.66. The number of rotatable bonds is 6. The molecule has 10 atom stereocenters. The highest BCUT2D eigenvalue weighted by Crippen LogP contribution is 2.67. The molecule has 5 aliphatic rings. The van der Waals surface area contributed by atoms with Gasteiger partial charge in [-0.2, -0.15) is 0 Å². The van der Waals surface area contributed by atoms with Crippen LogP contribution in [0, 0.1) is 28.6 Å². The average molecular weight is 527 g/mol. The minimum absolute atomic E-state index is 0.111. The molecule has 5 rings (SSSR count). The summed E-state index contributed by atoms with van der Waals surface area (Å²) in [6.45, 7) is 5.34.